The van der Waals surface area contributed by atoms with Crippen molar-refractivity contribution in [3.8, 4) is 0 Å². The van der Waals surface area contributed by atoms with Crippen LogP contribution in [-0.4, -0.2) is 48.2 Å². The summed E-state index contributed by atoms with van der Waals surface area (Å²) >= 11 is 0. The number of hydrogen-bond donors (Lipinski definition) is 1. The van der Waals surface area contributed by atoms with E-state index in [1.165, 1.54) is 0 Å². The minimum absolute atomic E-state index is 0.213. The Bertz CT molecular complexity index is 310. The van der Waals surface area contributed by atoms with E-state index in [-0.39, 0.29) is 6.61 Å². The number of anilines is 1. The molecule has 0 unspecified atom stereocenters. The van der Waals surface area contributed by atoms with Crippen LogP contribution in [0.25, 0.3) is 0 Å². The molecule has 2 rings (SSSR count). The van der Waals surface area contributed by atoms with Crippen molar-refractivity contribution in [2.24, 2.45) is 0 Å². The van der Waals surface area contributed by atoms with E-state index in [2.05, 4.69) is 15.0 Å². The number of hydrogen-bond acceptors (Lipinski definition) is 6. The summed E-state index contributed by atoms with van der Waals surface area (Å²) in [6.07, 6.45) is 2.38. The maximum Gasteiger partial charge on any atom is 0.266 e. The highest BCUT2D eigenvalue weighted by Gasteiger charge is 2.16. The Hall–Kier alpha value is -1.14. The number of aryl methyl sites for hydroxylation is 1. The van der Waals surface area contributed by atoms with Crippen LogP contribution in [0.1, 0.15) is 18.7 Å². The monoisotopic (exact) mass is 227 g/mol. The van der Waals surface area contributed by atoms with Crippen molar-refractivity contribution in [1.29, 1.82) is 0 Å². The first kappa shape index (κ1) is 11.3. The lowest BCUT2D eigenvalue weighted by Crippen LogP contribution is -2.36. The second-order valence-electron chi connectivity index (χ2n) is 3.77. The SMILES string of the molecule is OCCCCc1nc(N2CCOCC2)no1. The highest BCUT2D eigenvalue weighted by Crippen LogP contribution is 2.12. The number of aromatic nitrogens is 2. The summed E-state index contributed by atoms with van der Waals surface area (Å²) in [5.74, 6) is 1.30. The molecule has 1 aliphatic rings. The minimum Gasteiger partial charge on any atom is -0.396 e. The van der Waals surface area contributed by atoms with Gasteiger partial charge >= 0.3 is 0 Å². The molecule has 1 aliphatic heterocycles. The highest BCUT2D eigenvalue weighted by atomic mass is 16.5. The fraction of sp³-hybridized carbons (Fsp3) is 0.800. The Labute approximate surface area is 94.2 Å². The molecule has 1 aromatic rings. The molecule has 0 radical (unpaired) electrons. The zero-order valence-electron chi connectivity index (χ0n) is 9.26. The zero-order valence-corrected chi connectivity index (χ0v) is 9.26. The minimum atomic E-state index is 0.213. The van der Waals surface area contributed by atoms with E-state index in [0.717, 1.165) is 32.4 Å². The van der Waals surface area contributed by atoms with E-state index in [0.29, 0.717) is 25.1 Å². The second kappa shape index (κ2) is 5.81. The molecular formula is C10H17N3O3. The van der Waals surface area contributed by atoms with Crippen molar-refractivity contribution in [2.75, 3.05) is 37.8 Å². The summed E-state index contributed by atoms with van der Waals surface area (Å²) in [6, 6.07) is 0. The quantitative estimate of drug-likeness (QED) is 0.726. The third kappa shape index (κ3) is 2.93. The van der Waals surface area contributed by atoms with Crippen LogP contribution in [-0.2, 0) is 11.2 Å². The van der Waals surface area contributed by atoms with Crippen LogP contribution in [0.3, 0.4) is 0 Å². The molecule has 90 valence electrons. The van der Waals surface area contributed by atoms with Crippen molar-refractivity contribution in [3.05, 3.63) is 5.89 Å². The first-order chi connectivity index (χ1) is 7.90. The van der Waals surface area contributed by atoms with Gasteiger partial charge in [0.1, 0.15) is 0 Å². The first-order valence-electron chi connectivity index (χ1n) is 5.66. The van der Waals surface area contributed by atoms with Gasteiger partial charge in [0.2, 0.25) is 5.89 Å². The van der Waals surface area contributed by atoms with Gasteiger partial charge in [0.25, 0.3) is 5.95 Å². The van der Waals surface area contributed by atoms with E-state index in [9.17, 15) is 0 Å². The van der Waals surface area contributed by atoms with Crippen LogP contribution in [0, 0.1) is 0 Å². The fourth-order valence-corrected chi connectivity index (χ4v) is 1.63. The first-order valence-corrected chi connectivity index (χ1v) is 5.66. The molecule has 16 heavy (non-hydrogen) atoms. The van der Waals surface area contributed by atoms with Crippen molar-refractivity contribution >= 4 is 5.95 Å². The van der Waals surface area contributed by atoms with Crippen molar-refractivity contribution in [3.63, 3.8) is 0 Å². The molecule has 1 saturated heterocycles. The number of nitrogens with zero attached hydrogens (tertiary/aromatic N) is 3. The predicted octanol–water partition coefficient (Wildman–Crippen LogP) is 0.221. The molecule has 0 bridgehead atoms. The predicted molar refractivity (Wildman–Crippen MR) is 57.4 cm³/mol. The van der Waals surface area contributed by atoms with Crippen molar-refractivity contribution in [1.82, 2.24) is 10.1 Å². The van der Waals surface area contributed by atoms with Crippen LogP contribution in [0.5, 0.6) is 0 Å². The van der Waals surface area contributed by atoms with Crippen LogP contribution in [0.4, 0.5) is 5.95 Å². The average Bonchev–Trinajstić information content (AvgIpc) is 2.79. The molecular weight excluding hydrogens is 210 g/mol. The molecule has 0 atom stereocenters. The Kier molecular flexibility index (Phi) is 4.12. The zero-order chi connectivity index (χ0) is 11.2. The maximum absolute atomic E-state index is 8.66. The normalized spacial score (nSPS) is 16.7. The molecule has 2 heterocycles. The van der Waals surface area contributed by atoms with Gasteiger partial charge in [-0.05, 0) is 18.0 Å². The number of aliphatic hydroxyl groups is 1. The van der Waals surface area contributed by atoms with Gasteiger partial charge in [-0.2, -0.15) is 4.98 Å². The van der Waals surface area contributed by atoms with Gasteiger partial charge in [-0.1, -0.05) is 0 Å². The molecule has 6 heteroatoms. The summed E-state index contributed by atoms with van der Waals surface area (Å²) in [5, 5.41) is 12.6. The second-order valence-corrected chi connectivity index (χ2v) is 3.77. The molecule has 1 aromatic heterocycles. The summed E-state index contributed by atoms with van der Waals surface area (Å²) in [7, 11) is 0. The van der Waals surface area contributed by atoms with Gasteiger partial charge < -0.3 is 19.3 Å². The lowest BCUT2D eigenvalue weighted by molar-refractivity contribution is 0.121. The smallest absolute Gasteiger partial charge is 0.266 e. The van der Waals surface area contributed by atoms with E-state index in [4.69, 9.17) is 14.4 Å². The Morgan fingerprint density at radius 3 is 2.81 bits per heavy atom. The Balaban J connectivity index is 1.85. The van der Waals surface area contributed by atoms with Crippen LogP contribution >= 0.6 is 0 Å². The molecule has 0 aromatic carbocycles. The standard InChI is InChI=1S/C10H17N3O3/c14-6-2-1-3-9-11-10(12-16-9)13-4-7-15-8-5-13/h14H,1-8H2. The topological polar surface area (TPSA) is 71.6 Å². The van der Waals surface area contributed by atoms with E-state index >= 15 is 0 Å². The largest absolute Gasteiger partial charge is 0.396 e. The summed E-state index contributed by atoms with van der Waals surface area (Å²) in [4.78, 5) is 6.37. The number of aliphatic hydroxyl groups excluding tert-OH is 1. The number of unbranched alkanes of at least 4 members (excludes halogenated alkanes) is 1. The molecule has 1 fully saturated rings. The molecule has 0 spiro atoms. The van der Waals surface area contributed by atoms with E-state index < -0.39 is 0 Å². The lowest BCUT2D eigenvalue weighted by atomic mass is 10.2. The molecule has 0 aliphatic carbocycles. The Morgan fingerprint density at radius 1 is 1.25 bits per heavy atom. The molecule has 0 amide bonds. The number of morpholine rings is 1. The molecule has 1 N–H and O–H groups in total. The summed E-state index contributed by atoms with van der Waals surface area (Å²) in [5.41, 5.74) is 0. The van der Waals surface area contributed by atoms with Crippen LogP contribution < -0.4 is 4.90 Å². The van der Waals surface area contributed by atoms with Crippen LogP contribution in [0.15, 0.2) is 4.52 Å². The van der Waals surface area contributed by atoms with Gasteiger partial charge in [-0.15, -0.1) is 0 Å². The van der Waals surface area contributed by atoms with Gasteiger partial charge in [0, 0.05) is 26.1 Å². The highest BCUT2D eigenvalue weighted by molar-refractivity contribution is 5.27. The summed E-state index contributed by atoms with van der Waals surface area (Å²) < 4.78 is 10.4. The van der Waals surface area contributed by atoms with Gasteiger partial charge in [0.05, 0.1) is 13.2 Å². The van der Waals surface area contributed by atoms with Gasteiger partial charge in [-0.3, -0.25) is 0 Å². The fourth-order valence-electron chi connectivity index (χ4n) is 1.63. The molecule has 0 saturated carbocycles. The number of ether oxygens (including phenoxy) is 1. The Morgan fingerprint density at radius 2 is 2.06 bits per heavy atom. The average molecular weight is 227 g/mol. The van der Waals surface area contributed by atoms with E-state index in [1.54, 1.807) is 0 Å². The van der Waals surface area contributed by atoms with Crippen molar-refractivity contribution in [2.45, 2.75) is 19.3 Å². The third-order valence-electron chi connectivity index (χ3n) is 2.55. The lowest BCUT2D eigenvalue weighted by Gasteiger charge is -2.24. The van der Waals surface area contributed by atoms with E-state index in [1.807, 2.05) is 0 Å². The third-order valence-corrected chi connectivity index (χ3v) is 2.55. The van der Waals surface area contributed by atoms with Gasteiger partial charge in [-0.25, -0.2) is 0 Å². The maximum atomic E-state index is 8.66. The number of rotatable bonds is 5. The summed E-state index contributed by atoms with van der Waals surface area (Å²) in [6.45, 7) is 3.28. The van der Waals surface area contributed by atoms with Gasteiger partial charge in [0.15, 0.2) is 0 Å². The van der Waals surface area contributed by atoms with Crippen molar-refractivity contribution < 1.29 is 14.4 Å². The van der Waals surface area contributed by atoms with Crippen LogP contribution in [0.2, 0.25) is 0 Å². The molecule has 6 nitrogen and oxygen atoms in total.